The van der Waals surface area contributed by atoms with E-state index in [4.69, 9.17) is 0 Å². The lowest BCUT2D eigenvalue weighted by Crippen LogP contribution is -2.49. The lowest BCUT2D eigenvalue weighted by Gasteiger charge is -2.39. The summed E-state index contributed by atoms with van der Waals surface area (Å²) in [6.45, 7) is 63.6. The maximum absolute atomic E-state index is 12.2. The zero-order valence-electron chi connectivity index (χ0n) is 94.6. The number of rotatable bonds is 0. The number of nitrogens with zero attached hydrogens (tertiary/aromatic N) is 10. The largest absolute Gasteiger partial charge is 0.333 e. The van der Waals surface area contributed by atoms with Crippen LogP contribution in [0.4, 0.5) is 5.69 Å². The van der Waals surface area contributed by atoms with E-state index in [-0.39, 0.29) is 112 Å². The highest BCUT2D eigenvalue weighted by Crippen LogP contribution is 2.36. The molecule has 3 amide bonds. The van der Waals surface area contributed by atoms with Crippen molar-refractivity contribution in [2.45, 2.75) is 385 Å². The molecule has 0 unspecified atom stereocenters. The summed E-state index contributed by atoms with van der Waals surface area (Å²) in [7, 11) is 0. The maximum atomic E-state index is 12.2. The number of carbonyl (C=O) groups excluding carboxylic acids is 3. The molecule has 0 radical (unpaired) electrons. The standard InChI is InChI=1S/C13H19NO.C13H17NO.C13H15NO.C13H17NO.C13H15NO.C13H19NO.C13H17NO.C13H15NO.2C12H17NO/c3*1-13(2,3)14-9-11-7-5-4-6-10(11)8-12(14)15;2*1-13(2,3)14-9-8-10-6-4-5-7-11(10)12(14)15;3*1-13(2,3)14-11-7-5-4-6-10(11)8-9-12(14)15;1-12(2,3)13-8-7-9-5-4-6-10(9)11(13)14;1-12(2,3)13-10-6-4-5-9(10)7-8-11(13)14/h8-9H,4-7H2,1-3H3;4-7H,8-9H2,1-3H3;4-9H,1-3H3;4-7H,8-9H2,1-3H3;4-9H,1-3H3;8-9H,4-7H2,1-3H3;4-7H,8-9H2,1-3H3;4-9H,1-3H3;2*7-8H,4-6H2,1-3H3. The molecule has 0 N–H and O–H groups in total. The molecule has 4 aliphatic carbocycles. The van der Waals surface area contributed by atoms with Crippen molar-refractivity contribution in [3.8, 4) is 0 Å². The van der Waals surface area contributed by atoms with Gasteiger partial charge in [0.2, 0.25) is 11.8 Å². The highest BCUT2D eigenvalue weighted by Gasteiger charge is 2.36. The molecule has 0 bridgehead atoms. The summed E-state index contributed by atoms with van der Waals surface area (Å²) >= 11 is 0. The molecule has 6 aromatic carbocycles. The topological polar surface area (TPSA) is 215 Å². The van der Waals surface area contributed by atoms with Gasteiger partial charge in [0.15, 0.2) is 0 Å². The molecule has 13 aromatic rings. The van der Waals surface area contributed by atoms with E-state index in [2.05, 4.69) is 170 Å². The normalized spacial score (nSPS) is 14.9. The molecule has 20 heteroatoms. The van der Waals surface area contributed by atoms with E-state index in [0.717, 1.165) is 133 Å². The number of aromatic nitrogens is 7. The minimum atomic E-state index is -0.183. The van der Waals surface area contributed by atoms with Gasteiger partial charge in [0.05, 0.1) is 11.9 Å². The number of anilines is 1. The van der Waals surface area contributed by atoms with Crippen molar-refractivity contribution in [3.63, 3.8) is 0 Å². The van der Waals surface area contributed by atoms with E-state index in [9.17, 15) is 47.9 Å². The first kappa shape index (κ1) is 115. The number of para-hydroxylation sites is 2. The van der Waals surface area contributed by atoms with Gasteiger partial charge in [-0.15, -0.1) is 0 Å². The molecular weight excluding hydrogens is 1840 g/mol. The first-order valence-corrected chi connectivity index (χ1v) is 53.4. The molecule has 0 fully saturated rings. The average Bonchev–Trinajstić information content (AvgIpc) is 1.52. The van der Waals surface area contributed by atoms with Crippen LogP contribution in [0.2, 0.25) is 0 Å². The molecule has 0 saturated heterocycles. The summed E-state index contributed by atoms with van der Waals surface area (Å²) in [6.07, 6.45) is 26.7. The van der Waals surface area contributed by atoms with E-state index in [0.29, 0.717) is 12.8 Å². The van der Waals surface area contributed by atoms with Crippen LogP contribution in [0.5, 0.6) is 0 Å². The Hall–Kier alpha value is -12.8. The molecule has 0 spiro atoms. The van der Waals surface area contributed by atoms with Crippen molar-refractivity contribution >= 4 is 55.9 Å². The van der Waals surface area contributed by atoms with Crippen LogP contribution in [-0.4, -0.2) is 82.7 Å². The van der Waals surface area contributed by atoms with E-state index < -0.39 is 0 Å². The fourth-order valence-corrected chi connectivity index (χ4v) is 20.6. The Morgan fingerprint density at radius 1 is 0.243 bits per heavy atom. The third-order valence-electron chi connectivity index (χ3n) is 28.0. The lowest BCUT2D eigenvalue weighted by atomic mass is 9.93. The molecule has 148 heavy (non-hydrogen) atoms. The molecule has 20 rings (SSSR count). The molecule has 790 valence electrons. The van der Waals surface area contributed by atoms with E-state index in [1.54, 1.807) is 33.4 Å². The van der Waals surface area contributed by atoms with Crippen molar-refractivity contribution in [3.05, 3.63) is 376 Å². The summed E-state index contributed by atoms with van der Waals surface area (Å²) in [5.41, 5.74) is 17.7. The van der Waals surface area contributed by atoms with Gasteiger partial charge in [-0.2, -0.15) is 0 Å². The fraction of sp³-hybridized carbons (Fsp3) is 0.469. The predicted molar refractivity (Wildman–Crippen MR) is 613 cm³/mol. The lowest BCUT2D eigenvalue weighted by molar-refractivity contribution is -0.137. The number of amides is 3. The average molecular weight is 2010 g/mol. The van der Waals surface area contributed by atoms with Crippen molar-refractivity contribution in [1.82, 2.24) is 41.8 Å². The number of hydrogen-bond acceptors (Lipinski definition) is 10. The zero-order chi connectivity index (χ0) is 109. The first-order chi connectivity index (χ1) is 68.9. The van der Waals surface area contributed by atoms with Crippen LogP contribution in [-0.2, 0) is 126 Å². The van der Waals surface area contributed by atoms with E-state index in [1.165, 1.54) is 93.6 Å². The Bertz CT molecular complexity index is 7320. The summed E-state index contributed by atoms with van der Waals surface area (Å²) < 4.78 is 13.0. The Kier molecular flexibility index (Phi) is 36.6. The molecule has 7 aliphatic rings. The van der Waals surface area contributed by atoms with Gasteiger partial charge < -0.3 is 46.7 Å². The number of pyridine rings is 7. The first-order valence-electron chi connectivity index (χ1n) is 53.4. The van der Waals surface area contributed by atoms with Crippen molar-refractivity contribution < 1.29 is 14.4 Å². The summed E-state index contributed by atoms with van der Waals surface area (Å²) in [5.74, 6) is 0.645. The summed E-state index contributed by atoms with van der Waals surface area (Å²) in [4.78, 5) is 125. The molecular formula is C128H168N10O10. The van der Waals surface area contributed by atoms with Crippen LogP contribution >= 0.6 is 0 Å². The van der Waals surface area contributed by atoms with Crippen molar-refractivity contribution in [1.29, 1.82) is 0 Å². The van der Waals surface area contributed by atoms with Crippen molar-refractivity contribution in [2.75, 3.05) is 11.4 Å². The Morgan fingerprint density at radius 3 is 1.24 bits per heavy atom. The molecule has 20 nitrogen and oxygen atoms in total. The molecule has 7 aromatic heterocycles. The van der Waals surface area contributed by atoms with Crippen LogP contribution in [0.3, 0.4) is 0 Å². The Balaban J connectivity index is 0.000000156. The van der Waals surface area contributed by atoms with Gasteiger partial charge in [0.1, 0.15) is 0 Å². The monoisotopic (exact) mass is 2010 g/mol. The number of aryl methyl sites for hydroxylation is 6. The number of hydrogen-bond donors (Lipinski definition) is 0. The van der Waals surface area contributed by atoms with Gasteiger partial charge in [0, 0.05) is 164 Å². The molecule has 0 saturated carbocycles. The van der Waals surface area contributed by atoms with Crippen LogP contribution in [0.15, 0.2) is 265 Å². The number of fused-ring (bicyclic) bond motifs is 10. The number of carbonyl (C=O) groups is 3. The fourth-order valence-electron chi connectivity index (χ4n) is 20.6. The highest BCUT2D eigenvalue weighted by atomic mass is 16.2. The van der Waals surface area contributed by atoms with E-state index >= 15 is 0 Å². The Morgan fingerprint density at radius 2 is 0.676 bits per heavy atom. The Labute approximate surface area is 879 Å². The zero-order valence-corrected chi connectivity index (χ0v) is 94.6. The van der Waals surface area contributed by atoms with Gasteiger partial charge in [0.25, 0.3) is 44.8 Å². The SMILES string of the molecule is CC(C)(C)N1C(=O)CCc2ccccc21.CC(C)(C)N1CCc2ccccc2C1=O.CC(C)(C)N1Cc2ccccc2CC1=O.CC(C)(C)n1c(=O)ccc2ccccc21.CC(C)(C)n1c2c(ccc1=O)CCC2.CC(C)(C)n1c2c(ccc1=O)CCCC2.CC(C)(C)n1cc2c(cc1=O)CCCC2.CC(C)(C)n1cc2ccccc2cc1=O.CC(C)(C)n1ccc2c(c1=O)CCC2.CC(C)(C)n1ccc2ccccc2c1=O. The van der Waals surface area contributed by atoms with Gasteiger partial charge in [-0.3, -0.25) is 47.9 Å². The second-order valence-electron chi connectivity index (χ2n) is 50.2. The van der Waals surface area contributed by atoms with Crippen LogP contribution in [0, 0.1) is 0 Å². The van der Waals surface area contributed by atoms with Gasteiger partial charge in [-0.05, 0) is 425 Å². The second kappa shape index (κ2) is 46.9. The quantitative estimate of drug-likeness (QED) is 0.140. The highest BCUT2D eigenvalue weighted by molar-refractivity contribution is 5.98. The minimum absolute atomic E-state index is 0.0567. The second-order valence-corrected chi connectivity index (χ2v) is 50.2. The third kappa shape index (κ3) is 29.2. The van der Waals surface area contributed by atoms with Gasteiger partial charge >= 0.3 is 0 Å². The van der Waals surface area contributed by atoms with Crippen LogP contribution in [0.1, 0.15) is 330 Å². The molecule has 3 aliphatic heterocycles. The summed E-state index contributed by atoms with van der Waals surface area (Å²) in [5, 5.41) is 5.00. The smallest absolute Gasteiger partial charge is 0.258 e. The maximum Gasteiger partial charge on any atom is 0.258 e. The van der Waals surface area contributed by atoms with E-state index in [1.807, 2.05) is 282 Å². The third-order valence-corrected chi connectivity index (χ3v) is 28.0. The summed E-state index contributed by atoms with van der Waals surface area (Å²) in [6, 6.07) is 66.4. The number of benzene rings is 6. The minimum Gasteiger partial charge on any atom is -0.333 e. The molecule has 0 atom stereocenters. The predicted octanol–water partition coefficient (Wildman–Crippen LogP) is 25.0. The van der Waals surface area contributed by atoms with Crippen molar-refractivity contribution in [2.24, 2.45) is 0 Å². The van der Waals surface area contributed by atoms with Gasteiger partial charge in [-0.1, -0.05) is 133 Å². The van der Waals surface area contributed by atoms with Gasteiger partial charge in [-0.25, -0.2) is 0 Å². The molecule has 10 heterocycles. The van der Waals surface area contributed by atoms with Crippen LogP contribution < -0.4 is 43.8 Å². The van der Waals surface area contributed by atoms with Crippen LogP contribution in [0.25, 0.3) is 32.4 Å².